The van der Waals surface area contributed by atoms with Gasteiger partial charge in [-0.2, -0.15) is 5.10 Å². The van der Waals surface area contributed by atoms with Gasteiger partial charge in [0.25, 0.3) is 0 Å². The molecular formula is C27H33N3O3. The minimum Gasteiger partial charge on any atom is -0.496 e. The molecule has 0 aliphatic carbocycles. The Labute approximate surface area is 196 Å². The summed E-state index contributed by atoms with van der Waals surface area (Å²) in [6.45, 7) is 9.85. The Hall–Kier alpha value is -3.54. The van der Waals surface area contributed by atoms with Crippen molar-refractivity contribution in [2.24, 2.45) is 0 Å². The molecule has 6 heteroatoms. The minimum absolute atomic E-state index is 0.0635. The molecule has 2 aromatic carbocycles. The van der Waals surface area contributed by atoms with E-state index in [4.69, 9.17) is 9.47 Å². The topological polar surface area (TPSA) is 56.6 Å². The number of aromatic nitrogens is 2. The number of nitrogens with zero attached hydrogens (tertiary/aromatic N) is 3. The molecule has 33 heavy (non-hydrogen) atoms. The lowest BCUT2D eigenvalue weighted by molar-refractivity contribution is -0.125. The van der Waals surface area contributed by atoms with Crippen LogP contribution in [0.15, 0.2) is 48.5 Å². The monoisotopic (exact) mass is 447 g/mol. The van der Waals surface area contributed by atoms with Crippen molar-refractivity contribution in [3.05, 3.63) is 82.2 Å². The lowest BCUT2D eigenvalue weighted by atomic mass is 10.1. The molecule has 0 bridgehead atoms. The van der Waals surface area contributed by atoms with E-state index >= 15 is 0 Å². The van der Waals surface area contributed by atoms with Gasteiger partial charge < -0.3 is 14.4 Å². The Balaban J connectivity index is 1.69. The highest BCUT2D eigenvalue weighted by molar-refractivity contribution is 5.91. The van der Waals surface area contributed by atoms with E-state index in [1.807, 2.05) is 81.0 Å². The molecule has 1 aromatic heterocycles. The van der Waals surface area contributed by atoms with E-state index in [1.165, 1.54) is 0 Å². The first-order chi connectivity index (χ1) is 15.8. The number of likely N-dealkylation sites (N-methyl/N-ethyl adjacent to an activating group) is 1. The summed E-state index contributed by atoms with van der Waals surface area (Å²) in [7, 11) is 3.45. The van der Waals surface area contributed by atoms with Gasteiger partial charge in [-0.05, 0) is 69.2 Å². The number of ether oxygens (including phenoxy) is 2. The highest BCUT2D eigenvalue weighted by Crippen LogP contribution is 2.23. The molecule has 0 saturated heterocycles. The molecule has 0 saturated carbocycles. The molecule has 0 unspecified atom stereocenters. The normalized spacial score (nSPS) is 11.1. The number of methoxy groups -OCH3 is 1. The standard InChI is InChI=1S/C27H33N3O3/c1-7-30-21(4)25(20(3)28-30)17-29(5)27(31)14-12-22-11-13-26(32-6)23(16-22)18-33-24-10-8-9-19(2)15-24/h8-16H,7,17-18H2,1-6H3/b14-12+. The fourth-order valence-electron chi connectivity index (χ4n) is 3.76. The molecule has 0 N–H and O–H groups in total. The number of amides is 1. The van der Waals surface area contributed by atoms with E-state index < -0.39 is 0 Å². The second kappa shape index (κ2) is 10.9. The van der Waals surface area contributed by atoms with E-state index in [0.29, 0.717) is 13.2 Å². The molecule has 1 amide bonds. The van der Waals surface area contributed by atoms with Crippen LogP contribution in [0.25, 0.3) is 6.08 Å². The van der Waals surface area contributed by atoms with Crippen molar-refractivity contribution in [3.63, 3.8) is 0 Å². The van der Waals surface area contributed by atoms with Crippen LogP contribution < -0.4 is 9.47 Å². The fraction of sp³-hybridized carbons (Fsp3) is 0.333. The SMILES string of the molecule is CCn1nc(C)c(CN(C)C(=O)/C=C/c2ccc(OC)c(COc3cccc(C)c3)c2)c1C. The maximum Gasteiger partial charge on any atom is 0.246 e. The minimum atomic E-state index is -0.0635. The van der Waals surface area contributed by atoms with Crippen LogP contribution in [0.2, 0.25) is 0 Å². The second-order valence-corrected chi connectivity index (χ2v) is 8.17. The van der Waals surface area contributed by atoms with Crippen LogP contribution in [-0.4, -0.2) is 34.7 Å². The van der Waals surface area contributed by atoms with Crippen LogP contribution in [0.1, 0.15) is 40.6 Å². The number of rotatable bonds is 9. The maximum atomic E-state index is 12.7. The summed E-state index contributed by atoms with van der Waals surface area (Å²) in [6, 6.07) is 13.7. The van der Waals surface area contributed by atoms with E-state index in [1.54, 1.807) is 18.1 Å². The van der Waals surface area contributed by atoms with Gasteiger partial charge in [0.2, 0.25) is 5.91 Å². The Morgan fingerprint density at radius 3 is 2.61 bits per heavy atom. The van der Waals surface area contributed by atoms with Gasteiger partial charge in [0, 0.05) is 43.0 Å². The molecule has 6 nitrogen and oxygen atoms in total. The van der Waals surface area contributed by atoms with Crippen LogP contribution in [0.5, 0.6) is 11.5 Å². The third-order valence-electron chi connectivity index (χ3n) is 5.71. The van der Waals surface area contributed by atoms with Crippen LogP contribution >= 0.6 is 0 Å². The summed E-state index contributed by atoms with van der Waals surface area (Å²) < 4.78 is 13.4. The quantitative estimate of drug-likeness (QED) is 0.429. The molecule has 174 valence electrons. The first-order valence-electron chi connectivity index (χ1n) is 11.1. The summed E-state index contributed by atoms with van der Waals surface area (Å²) in [4.78, 5) is 14.4. The third-order valence-corrected chi connectivity index (χ3v) is 5.71. The van der Waals surface area contributed by atoms with Gasteiger partial charge >= 0.3 is 0 Å². The molecule has 0 fully saturated rings. The van der Waals surface area contributed by atoms with Crippen LogP contribution in [-0.2, 0) is 24.5 Å². The summed E-state index contributed by atoms with van der Waals surface area (Å²) in [5, 5.41) is 4.54. The highest BCUT2D eigenvalue weighted by atomic mass is 16.5. The van der Waals surface area contributed by atoms with Crippen molar-refractivity contribution >= 4 is 12.0 Å². The Bertz CT molecular complexity index is 1150. The van der Waals surface area contributed by atoms with Gasteiger partial charge in [0.15, 0.2) is 0 Å². The number of benzene rings is 2. The first kappa shape index (κ1) is 24.1. The van der Waals surface area contributed by atoms with Gasteiger partial charge in [-0.1, -0.05) is 18.2 Å². The Morgan fingerprint density at radius 1 is 1.15 bits per heavy atom. The third kappa shape index (κ3) is 6.04. The zero-order valence-electron chi connectivity index (χ0n) is 20.4. The number of hydrogen-bond acceptors (Lipinski definition) is 4. The van der Waals surface area contributed by atoms with Crippen LogP contribution in [0.4, 0.5) is 0 Å². The average molecular weight is 448 g/mol. The summed E-state index contributed by atoms with van der Waals surface area (Å²) in [5.74, 6) is 1.50. The highest BCUT2D eigenvalue weighted by Gasteiger charge is 2.15. The summed E-state index contributed by atoms with van der Waals surface area (Å²) in [5.41, 5.74) is 6.14. The van der Waals surface area contributed by atoms with Gasteiger partial charge in [0.05, 0.1) is 12.8 Å². The molecule has 3 aromatic rings. The van der Waals surface area contributed by atoms with Gasteiger partial charge in [-0.25, -0.2) is 0 Å². The van der Waals surface area contributed by atoms with E-state index in [2.05, 4.69) is 12.0 Å². The molecule has 0 radical (unpaired) electrons. The van der Waals surface area contributed by atoms with Gasteiger partial charge in [0.1, 0.15) is 18.1 Å². The second-order valence-electron chi connectivity index (χ2n) is 8.17. The van der Waals surface area contributed by atoms with Crippen molar-refractivity contribution < 1.29 is 14.3 Å². The zero-order valence-corrected chi connectivity index (χ0v) is 20.4. The first-order valence-corrected chi connectivity index (χ1v) is 11.1. The lowest BCUT2D eigenvalue weighted by Gasteiger charge is -2.15. The van der Waals surface area contributed by atoms with Crippen LogP contribution in [0, 0.1) is 20.8 Å². The number of hydrogen-bond donors (Lipinski definition) is 0. The Morgan fingerprint density at radius 2 is 1.94 bits per heavy atom. The number of carbonyl (C=O) groups is 1. The van der Waals surface area contributed by atoms with Crippen molar-refractivity contribution in [1.29, 1.82) is 0 Å². The molecular weight excluding hydrogens is 414 g/mol. The van der Waals surface area contributed by atoms with E-state index in [9.17, 15) is 4.79 Å². The molecule has 3 rings (SSSR count). The fourth-order valence-corrected chi connectivity index (χ4v) is 3.76. The van der Waals surface area contributed by atoms with Gasteiger partial charge in [-0.3, -0.25) is 9.48 Å². The maximum absolute atomic E-state index is 12.7. The summed E-state index contributed by atoms with van der Waals surface area (Å²) in [6.07, 6.45) is 3.42. The smallest absolute Gasteiger partial charge is 0.246 e. The largest absolute Gasteiger partial charge is 0.496 e. The van der Waals surface area contributed by atoms with Crippen molar-refractivity contribution in [2.45, 2.75) is 47.4 Å². The van der Waals surface area contributed by atoms with Crippen molar-refractivity contribution in [2.75, 3.05) is 14.2 Å². The molecule has 0 atom stereocenters. The van der Waals surface area contributed by atoms with Crippen molar-refractivity contribution in [1.82, 2.24) is 14.7 Å². The zero-order chi connectivity index (χ0) is 24.0. The van der Waals surface area contributed by atoms with E-state index in [0.717, 1.165) is 51.7 Å². The Kier molecular flexibility index (Phi) is 7.93. The average Bonchev–Trinajstić information content (AvgIpc) is 3.08. The summed E-state index contributed by atoms with van der Waals surface area (Å²) >= 11 is 0. The molecule has 0 aliphatic rings. The molecule has 0 spiro atoms. The predicted octanol–water partition coefficient (Wildman–Crippen LogP) is 5.09. The molecule has 1 heterocycles. The number of aryl methyl sites for hydroxylation is 3. The molecule has 0 aliphatic heterocycles. The van der Waals surface area contributed by atoms with Crippen LogP contribution in [0.3, 0.4) is 0 Å². The lowest BCUT2D eigenvalue weighted by Crippen LogP contribution is -2.24. The predicted molar refractivity (Wildman–Crippen MR) is 131 cm³/mol. The van der Waals surface area contributed by atoms with E-state index in [-0.39, 0.29) is 5.91 Å². The number of carbonyl (C=O) groups excluding carboxylic acids is 1. The van der Waals surface area contributed by atoms with Crippen molar-refractivity contribution in [3.8, 4) is 11.5 Å². The van der Waals surface area contributed by atoms with Gasteiger partial charge in [-0.15, -0.1) is 0 Å².